The van der Waals surface area contributed by atoms with Crippen LogP contribution in [0.4, 0.5) is 0 Å². The van der Waals surface area contributed by atoms with Gasteiger partial charge in [0.2, 0.25) is 5.88 Å². The van der Waals surface area contributed by atoms with Crippen molar-refractivity contribution in [2.75, 3.05) is 7.11 Å². The SMILES string of the molecule is COc1ncc(Br)cc1-c1nc2c(s1)CCCC2. The lowest BCUT2D eigenvalue weighted by molar-refractivity contribution is 0.399. The van der Waals surface area contributed by atoms with Gasteiger partial charge in [0.1, 0.15) is 5.01 Å². The van der Waals surface area contributed by atoms with Crippen molar-refractivity contribution in [2.24, 2.45) is 0 Å². The molecular formula is C13H13BrN2OS. The Hall–Kier alpha value is -0.940. The van der Waals surface area contributed by atoms with Crippen LogP contribution in [0.3, 0.4) is 0 Å². The van der Waals surface area contributed by atoms with E-state index in [9.17, 15) is 0 Å². The molecule has 2 heterocycles. The van der Waals surface area contributed by atoms with Gasteiger partial charge in [-0.2, -0.15) is 0 Å². The Labute approximate surface area is 118 Å². The van der Waals surface area contributed by atoms with E-state index in [4.69, 9.17) is 9.72 Å². The Kier molecular flexibility index (Phi) is 3.35. The maximum Gasteiger partial charge on any atom is 0.223 e. The highest BCUT2D eigenvalue weighted by Crippen LogP contribution is 2.37. The summed E-state index contributed by atoms with van der Waals surface area (Å²) in [5, 5.41) is 1.02. The van der Waals surface area contributed by atoms with Crippen molar-refractivity contribution in [3.63, 3.8) is 0 Å². The molecule has 0 aliphatic heterocycles. The van der Waals surface area contributed by atoms with Gasteiger partial charge in [0.05, 0.1) is 18.4 Å². The van der Waals surface area contributed by atoms with Gasteiger partial charge in [0, 0.05) is 15.5 Å². The molecule has 1 aliphatic rings. The highest BCUT2D eigenvalue weighted by Gasteiger charge is 2.18. The van der Waals surface area contributed by atoms with Crippen LogP contribution in [0.25, 0.3) is 10.6 Å². The molecule has 2 aromatic rings. The molecule has 0 unspecified atom stereocenters. The molecular weight excluding hydrogens is 312 g/mol. The van der Waals surface area contributed by atoms with Crippen molar-refractivity contribution in [3.05, 3.63) is 27.3 Å². The zero-order valence-electron chi connectivity index (χ0n) is 10.1. The lowest BCUT2D eigenvalue weighted by Gasteiger charge is -2.06. The number of fused-ring (bicyclic) bond motifs is 1. The maximum atomic E-state index is 5.32. The number of thiazole rings is 1. The van der Waals surface area contributed by atoms with Crippen molar-refractivity contribution >= 4 is 27.3 Å². The molecule has 94 valence electrons. The minimum absolute atomic E-state index is 0.643. The van der Waals surface area contributed by atoms with Gasteiger partial charge in [-0.05, 0) is 47.7 Å². The van der Waals surface area contributed by atoms with E-state index in [1.807, 2.05) is 6.07 Å². The second-order valence-electron chi connectivity index (χ2n) is 4.31. The zero-order valence-corrected chi connectivity index (χ0v) is 12.5. The van der Waals surface area contributed by atoms with E-state index >= 15 is 0 Å². The highest BCUT2D eigenvalue weighted by molar-refractivity contribution is 9.10. The molecule has 18 heavy (non-hydrogen) atoms. The molecule has 3 nitrogen and oxygen atoms in total. The van der Waals surface area contributed by atoms with E-state index in [1.165, 1.54) is 23.4 Å². The van der Waals surface area contributed by atoms with E-state index in [-0.39, 0.29) is 0 Å². The summed E-state index contributed by atoms with van der Waals surface area (Å²) in [6.45, 7) is 0. The fourth-order valence-corrected chi connectivity index (χ4v) is 3.70. The Morgan fingerprint density at radius 1 is 1.33 bits per heavy atom. The summed E-state index contributed by atoms with van der Waals surface area (Å²) >= 11 is 5.23. The van der Waals surface area contributed by atoms with Gasteiger partial charge < -0.3 is 4.74 Å². The summed E-state index contributed by atoms with van der Waals surface area (Å²) in [5.74, 6) is 0.643. The quantitative estimate of drug-likeness (QED) is 0.841. The summed E-state index contributed by atoms with van der Waals surface area (Å²) in [6, 6.07) is 2.02. The number of nitrogens with zero attached hydrogens (tertiary/aromatic N) is 2. The van der Waals surface area contributed by atoms with Crippen molar-refractivity contribution in [1.82, 2.24) is 9.97 Å². The van der Waals surface area contributed by atoms with Gasteiger partial charge in [-0.25, -0.2) is 9.97 Å². The minimum atomic E-state index is 0.643. The second-order valence-corrected chi connectivity index (χ2v) is 6.31. The molecule has 2 aromatic heterocycles. The number of rotatable bonds is 2. The van der Waals surface area contributed by atoms with Crippen molar-refractivity contribution in [3.8, 4) is 16.5 Å². The number of hydrogen-bond donors (Lipinski definition) is 0. The molecule has 0 bridgehead atoms. The van der Waals surface area contributed by atoms with Crippen LogP contribution in [0.5, 0.6) is 5.88 Å². The smallest absolute Gasteiger partial charge is 0.223 e. The number of ether oxygens (including phenoxy) is 1. The van der Waals surface area contributed by atoms with Crippen LogP contribution < -0.4 is 4.74 Å². The van der Waals surface area contributed by atoms with Crippen LogP contribution in [0, 0.1) is 0 Å². The number of aromatic nitrogens is 2. The lowest BCUT2D eigenvalue weighted by Crippen LogP contribution is -1.99. The Bertz CT molecular complexity index is 559. The molecule has 0 spiro atoms. The third-order valence-corrected chi connectivity index (χ3v) is 4.71. The predicted octanol–water partition coefficient (Wildman–Crippen LogP) is 3.86. The van der Waals surface area contributed by atoms with Crippen LogP contribution >= 0.6 is 27.3 Å². The molecule has 0 atom stereocenters. The molecule has 0 fully saturated rings. The summed E-state index contributed by atoms with van der Waals surface area (Å²) in [6.07, 6.45) is 6.55. The van der Waals surface area contributed by atoms with E-state index < -0.39 is 0 Å². The maximum absolute atomic E-state index is 5.32. The monoisotopic (exact) mass is 324 g/mol. The zero-order chi connectivity index (χ0) is 12.5. The molecule has 0 amide bonds. The minimum Gasteiger partial charge on any atom is -0.480 e. The molecule has 0 saturated carbocycles. The predicted molar refractivity (Wildman–Crippen MR) is 76.2 cm³/mol. The molecule has 5 heteroatoms. The van der Waals surface area contributed by atoms with Crippen molar-refractivity contribution in [1.29, 1.82) is 0 Å². The van der Waals surface area contributed by atoms with E-state index in [0.717, 1.165) is 27.9 Å². The van der Waals surface area contributed by atoms with E-state index in [0.29, 0.717) is 5.88 Å². The fourth-order valence-electron chi connectivity index (χ4n) is 2.21. The standard InChI is InChI=1S/C13H13BrN2OS/c1-17-12-9(6-8(14)7-15-12)13-16-10-4-2-3-5-11(10)18-13/h6-7H,2-5H2,1H3. The first-order chi connectivity index (χ1) is 8.78. The van der Waals surface area contributed by atoms with E-state index in [2.05, 4.69) is 20.9 Å². The first kappa shape index (κ1) is 12.1. The second kappa shape index (κ2) is 4.97. The number of methoxy groups -OCH3 is 1. The summed E-state index contributed by atoms with van der Waals surface area (Å²) in [4.78, 5) is 10.5. The Balaban J connectivity index is 2.08. The summed E-state index contributed by atoms with van der Waals surface area (Å²) < 4.78 is 6.27. The van der Waals surface area contributed by atoms with Gasteiger partial charge in [-0.1, -0.05) is 0 Å². The summed E-state index contributed by atoms with van der Waals surface area (Å²) in [5.41, 5.74) is 2.24. The average molecular weight is 325 g/mol. The fraction of sp³-hybridized carbons (Fsp3) is 0.385. The van der Waals surface area contributed by atoms with Crippen LogP contribution in [-0.2, 0) is 12.8 Å². The van der Waals surface area contributed by atoms with Gasteiger partial charge >= 0.3 is 0 Å². The summed E-state index contributed by atoms with van der Waals surface area (Å²) in [7, 11) is 1.65. The third kappa shape index (κ3) is 2.17. The molecule has 1 aliphatic carbocycles. The normalized spacial score (nSPS) is 14.3. The van der Waals surface area contributed by atoms with Crippen LogP contribution in [0.2, 0.25) is 0 Å². The van der Waals surface area contributed by atoms with Gasteiger partial charge in [0.25, 0.3) is 0 Å². The molecule has 3 rings (SSSR count). The average Bonchev–Trinajstić information content (AvgIpc) is 2.82. The third-order valence-electron chi connectivity index (χ3n) is 3.09. The van der Waals surface area contributed by atoms with Gasteiger partial charge in [-0.15, -0.1) is 11.3 Å². The van der Waals surface area contributed by atoms with E-state index in [1.54, 1.807) is 24.6 Å². The Morgan fingerprint density at radius 2 is 2.17 bits per heavy atom. The molecule has 0 saturated heterocycles. The molecule has 0 aromatic carbocycles. The Morgan fingerprint density at radius 3 is 2.94 bits per heavy atom. The van der Waals surface area contributed by atoms with Crippen LogP contribution in [-0.4, -0.2) is 17.1 Å². The highest BCUT2D eigenvalue weighted by atomic mass is 79.9. The van der Waals surface area contributed by atoms with Crippen molar-refractivity contribution < 1.29 is 4.74 Å². The first-order valence-electron chi connectivity index (χ1n) is 5.96. The van der Waals surface area contributed by atoms with Gasteiger partial charge in [-0.3, -0.25) is 0 Å². The molecule has 0 N–H and O–H groups in total. The first-order valence-corrected chi connectivity index (χ1v) is 7.57. The largest absolute Gasteiger partial charge is 0.480 e. The van der Waals surface area contributed by atoms with Crippen LogP contribution in [0.15, 0.2) is 16.7 Å². The number of aryl methyl sites for hydroxylation is 2. The van der Waals surface area contributed by atoms with Crippen molar-refractivity contribution in [2.45, 2.75) is 25.7 Å². The number of hydrogen-bond acceptors (Lipinski definition) is 4. The van der Waals surface area contributed by atoms with Gasteiger partial charge in [0.15, 0.2) is 0 Å². The topological polar surface area (TPSA) is 35.0 Å². The number of pyridine rings is 1. The van der Waals surface area contributed by atoms with Crippen LogP contribution in [0.1, 0.15) is 23.4 Å². The lowest BCUT2D eigenvalue weighted by atomic mass is 10.0. The molecule has 0 radical (unpaired) electrons. The number of halogens is 1.